The summed E-state index contributed by atoms with van der Waals surface area (Å²) in [6.45, 7) is 1.95. The lowest BCUT2D eigenvalue weighted by Gasteiger charge is -2.10. The third-order valence-corrected chi connectivity index (χ3v) is 5.33. The highest BCUT2D eigenvalue weighted by Crippen LogP contribution is 2.20. The fourth-order valence-electron chi connectivity index (χ4n) is 1.32. The molecule has 0 saturated carbocycles. The molecule has 1 aromatic heterocycles. The van der Waals surface area contributed by atoms with Crippen LogP contribution >= 0.6 is 11.3 Å². The minimum atomic E-state index is -3.61. The van der Waals surface area contributed by atoms with Gasteiger partial charge in [0.15, 0.2) is 0 Å². The Morgan fingerprint density at radius 3 is 2.79 bits per heavy atom. The molecule has 104 valence electrons. The zero-order valence-electron chi connectivity index (χ0n) is 10.3. The maximum atomic E-state index is 11.9. The number of thiophene rings is 1. The van der Waals surface area contributed by atoms with Crippen LogP contribution in [0, 0.1) is 17.2 Å². The van der Waals surface area contributed by atoms with E-state index in [1.807, 2.05) is 6.07 Å². The van der Waals surface area contributed by atoms with Crippen LogP contribution in [0.3, 0.4) is 0 Å². The molecule has 0 bridgehead atoms. The van der Waals surface area contributed by atoms with Crippen molar-refractivity contribution in [3.05, 3.63) is 17.0 Å². The summed E-state index contributed by atoms with van der Waals surface area (Å²) >= 11 is 0.904. The zero-order chi connectivity index (χ0) is 14.5. The number of carboxylic acids is 1. The van der Waals surface area contributed by atoms with Crippen LogP contribution in [0.15, 0.2) is 16.3 Å². The van der Waals surface area contributed by atoms with Crippen molar-refractivity contribution in [2.75, 3.05) is 6.54 Å². The van der Waals surface area contributed by atoms with E-state index >= 15 is 0 Å². The summed E-state index contributed by atoms with van der Waals surface area (Å²) < 4.78 is 26.3. The minimum Gasteiger partial charge on any atom is -0.481 e. The van der Waals surface area contributed by atoms with Crippen LogP contribution in [0.2, 0.25) is 0 Å². The number of nitrogens with zero attached hydrogens (tertiary/aromatic N) is 1. The Balaban J connectivity index is 2.56. The Morgan fingerprint density at radius 2 is 2.26 bits per heavy atom. The van der Waals surface area contributed by atoms with Gasteiger partial charge < -0.3 is 5.11 Å². The van der Waals surface area contributed by atoms with Crippen LogP contribution in [-0.2, 0) is 14.8 Å². The molecule has 0 aliphatic heterocycles. The number of nitrogens with one attached hydrogen (secondary N) is 1. The Hall–Kier alpha value is -1.43. The molecule has 1 rings (SSSR count). The van der Waals surface area contributed by atoms with Crippen LogP contribution in [0.4, 0.5) is 0 Å². The van der Waals surface area contributed by atoms with E-state index in [1.165, 1.54) is 12.1 Å². The molecule has 0 saturated heterocycles. The Morgan fingerprint density at radius 1 is 1.58 bits per heavy atom. The normalized spacial score (nSPS) is 12.8. The van der Waals surface area contributed by atoms with Gasteiger partial charge in [0.25, 0.3) is 0 Å². The van der Waals surface area contributed by atoms with Gasteiger partial charge in [0.1, 0.15) is 15.2 Å². The fourth-order valence-corrected chi connectivity index (χ4v) is 3.63. The highest BCUT2D eigenvalue weighted by molar-refractivity contribution is 7.91. The molecule has 0 spiro atoms. The second-order valence-electron chi connectivity index (χ2n) is 4.12. The minimum absolute atomic E-state index is 0.0144. The molecule has 1 atom stereocenters. The van der Waals surface area contributed by atoms with Gasteiger partial charge in [-0.1, -0.05) is 6.92 Å². The van der Waals surface area contributed by atoms with Crippen molar-refractivity contribution >= 4 is 27.3 Å². The predicted octanol–water partition coefficient (Wildman–Crippen LogP) is 1.40. The SMILES string of the molecule is CC(CCC(=O)O)CNS(=O)(=O)c1ccc(C#N)s1. The highest BCUT2D eigenvalue weighted by Gasteiger charge is 2.17. The Kier molecular flexibility index (Phi) is 5.47. The zero-order valence-corrected chi connectivity index (χ0v) is 11.9. The van der Waals surface area contributed by atoms with Gasteiger partial charge in [-0.05, 0) is 24.5 Å². The summed E-state index contributed by atoms with van der Waals surface area (Å²) in [5.41, 5.74) is 0. The summed E-state index contributed by atoms with van der Waals surface area (Å²) in [5, 5.41) is 17.2. The molecule has 19 heavy (non-hydrogen) atoms. The number of hydrogen-bond acceptors (Lipinski definition) is 5. The van der Waals surface area contributed by atoms with Crippen molar-refractivity contribution in [1.29, 1.82) is 5.26 Å². The van der Waals surface area contributed by atoms with Crippen molar-refractivity contribution in [3.8, 4) is 6.07 Å². The summed E-state index contributed by atoms with van der Waals surface area (Å²) in [6.07, 6.45) is 0.423. The highest BCUT2D eigenvalue weighted by atomic mass is 32.2. The third-order valence-electron chi connectivity index (χ3n) is 2.43. The molecule has 8 heteroatoms. The fraction of sp³-hybridized carbons (Fsp3) is 0.455. The molecule has 1 aromatic rings. The van der Waals surface area contributed by atoms with Gasteiger partial charge >= 0.3 is 5.97 Å². The molecule has 1 heterocycles. The van der Waals surface area contributed by atoms with Gasteiger partial charge in [-0.15, -0.1) is 11.3 Å². The third kappa shape index (κ3) is 4.98. The van der Waals surface area contributed by atoms with Gasteiger partial charge in [0.2, 0.25) is 10.0 Å². The molecule has 0 amide bonds. The smallest absolute Gasteiger partial charge is 0.303 e. The van der Waals surface area contributed by atoms with Gasteiger partial charge in [-0.2, -0.15) is 5.26 Å². The summed E-state index contributed by atoms with van der Waals surface area (Å²) in [4.78, 5) is 10.7. The number of aliphatic carboxylic acids is 1. The van der Waals surface area contributed by atoms with Gasteiger partial charge in [-0.3, -0.25) is 4.79 Å². The van der Waals surface area contributed by atoms with E-state index in [-0.39, 0.29) is 23.1 Å². The number of rotatable bonds is 7. The molecule has 1 unspecified atom stereocenters. The van der Waals surface area contributed by atoms with Crippen LogP contribution in [-0.4, -0.2) is 26.0 Å². The second kappa shape index (κ2) is 6.65. The molecule has 2 N–H and O–H groups in total. The first kappa shape index (κ1) is 15.6. The summed E-state index contributed by atoms with van der Waals surface area (Å²) in [5.74, 6) is -0.965. The van der Waals surface area contributed by atoms with Crippen LogP contribution in [0.1, 0.15) is 24.6 Å². The molecular weight excluding hydrogens is 288 g/mol. The van der Waals surface area contributed by atoms with E-state index in [4.69, 9.17) is 10.4 Å². The molecular formula is C11H14N2O4S2. The van der Waals surface area contributed by atoms with E-state index < -0.39 is 16.0 Å². The Labute approximate surface area is 115 Å². The van der Waals surface area contributed by atoms with E-state index in [0.717, 1.165) is 11.3 Å². The Bertz CT molecular complexity index is 586. The van der Waals surface area contributed by atoms with E-state index in [1.54, 1.807) is 6.92 Å². The standard InChI is InChI=1S/C11H14N2O4S2/c1-8(2-4-10(14)15)7-13-19(16,17)11-5-3-9(6-12)18-11/h3,5,8,13H,2,4,7H2,1H3,(H,14,15). The number of carboxylic acid groups (broad SMARTS) is 1. The second-order valence-corrected chi connectivity index (χ2v) is 7.20. The maximum Gasteiger partial charge on any atom is 0.303 e. The van der Waals surface area contributed by atoms with Crippen LogP contribution in [0.5, 0.6) is 0 Å². The lowest BCUT2D eigenvalue weighted by Crippen LogP contribution is -2.28. The van der Waals surface area contributed by atoms with Crippen molar-refractivity contribution in [3.63, 3.8) is 0 Å². The molecule has 0 aliphatic rings. The van der Waals surface area contributed by atoms with Gasteiger partial charge in [-0.25, -0.2) is 13.1 Å². The molecule has 0 aliphatic carbocycles. The first-order valence-electron chi connectivity index (χ1n) is 5.56. The first-order chi connectivity index (χ1) is 8.85. The first-order valence-corrected chi connectivity index (χ1v) is 7.86. The topological polar surface area (TPSA) is 107 Å². The molecule has 0 radical (unpaired) electrons. The quantitative estimate of drug-likeness (QED) is 0.791. The summed E-state index contributed by atoms with van der Waals surface area (Å²) in [7, 11) is -3.61. The number of hydrogen-bond donors (Lipinski definition) is 2. The van der Waals surface area contributed by atoms with E-state index in [2.05, 4.69) is 4.72 Å². The van der Waals surface area contributed by atoms with Crippen molar-refractivity contribution in [1.82, 2.24) is 4.72 Å². The van der Waals surface area contributed by atoms with Gasteiger partial charge in [0, 0.05) is 13.0 Å². The number of sulfonamides is 1. The average molecular weight is 302 g/mol. The van der Waals surface area contributed by atoms with Crippen molar-refractivity contribution in [2.24, 2.45) is 5.92 Å². The lowest BCUT2D eigenvalue weighted by atomic mass is 10.1. The number of nitriles is 1. The van der Waals surface area contributed by atoms with Crippen molar-refractivity contribution in [2.45, 2.75) is 24.0 Å². The van der Waals surface area contributed by atoms with Gasteiger partial charge in [0.05, 0.1) is 0 Å². The molecule has 0 fully saturated rings. The predicted molar refractivity (Wildman–Crippen MR) is 70.3 cm³/mol. The number of carbonyl (C=O) groups is 1. The molecule has 6 nitrogen and oxygen atoms in total. The van der Waals surface area contributed by atoms with Crippen molar-refractivity contribution < 1.29 is 18.3 Å². The maximum absolute atomic E-state index is 11.9. The van der Waals surface area contributed by atoms with E-state index in [0.29, 0.717) is 11.3 Å². The average Bonchev–Trinajstić information content (AvgIpc) is 2.83. The van der Waals surface area contributed by atoms with Crippen LogP contribution < -0.4 is 4.72 Å². The largest absolute Gasteiger partial charge is 0.481 e. The molecule has 0 aromatic carbocycles. The monoisotopic (exact) mass is 302 g/mol. The summed E-state index contributed by atoms with van der Waals surface area (Å²) in [6, 6.07) is 4.71. The lowest BCUT2D eigenvalue weighted by molar-refractivity contribution is -0.137. The van der Waals surface area contributed by atoms with E-state index in [9.17, 15) is 13.2 Å². The van der Waals surface area contributed by atoms with Crippen LogP contribution in [0.25, 0.3) is 0 Å².